The molecule has 2 heteroatoms. The first-order valence-corrected chi connectivity index (χ1v) is 4.94. The lowest BCUT2D eigenvalue weighted by Crippen LogP contribution is -2.36. The third-order valence-corrected chi connectivity index (χ3v) is 2.97. The molecule has 1 aliphatic rings. The lowest BCUT2D eigenvalue weighted by atomic mass is 9.84. The fourth-order valence-corrected chi connectivity index (χ4v) is 1.33. The fraction of sp³-hybridized carbons (Fsp3) is 1.00. The SMILES string of the molecule is CC(C)(CN)C(O)CCC1CC1. The van der Waals surface area contributed by atoms with Crippen molar-refractivity contribution >= 4 is 0 Å². The van der Waals surface area contributed by atoms with Crippen molar-refractivity contribution in [2.45, 2.75) is 45.6 Å². The zero-order valence-electron chi connectivity index (χ0n) is 8.21. The van der Waals surface area contributed by atoms with Gasteiger partial charge in [-0.15, -0.1) is 0 Å². The van der Waals surface area contributed by atoms with Crippen LogP contribution in [0.2, 0.25) is 0 Å². The van der Waals surface area contributed by atoms with E-state index in [1.54, 1.807) is 0 Å². The molecule has 1 aliphatic carbocycles. The molecule has 0 radical (unpaired) electrons. The van der Waals surface area contributed by atoms with Crippen LogP contribution in [0.3, 0.4) is 0 Å². The Labute approximate surface area is 75.2 Å². The van der Waals surface area contributed by atoms with Crippen molar-refractivity contribution < 1.29 is 5.11 Å². The van der Waals surface area contributed by atoms with Crippen molar-refractivity contribution in [2.24, 2.45) is 17.1 Å². The summed E-state index contributed by atoms with van der Waals surface area (Å²) in [6.07, 6.45) is 4.63. The summed E-state index contributed by atoms with van der Waals surface area (Å²) in [5, 5.41) is 9.77. The predicted molar refractivity (Wildman–Crippen MR) is 50.8 cm³/mol. The number of hydrogen-bond acceptors (Lipinski definition) is 2. The van der Waals surface area contributed by atoms with E-state index < -0.39 is 0 Å². The van der Waals surface area contributed by atoms with Crippen molar-refractivity contribution in [3.05, 3.63) is 0 Å². The van der Waals surface area contributed by atoms with Crippen molar-refractivity contribution in [2.75, 3.05) is 6.54 Å². The third kappa shape index (κ3) is 2.76. The van der Waals surface area contributed by atoms with Crippen LogP contribution in [0.4, 0.5) is 0 Å². The van der Waals surface area contributed by atoms with Gasteiger partial charge in [-0.2, -0.15) is 0 Å². The number of rotatable bonds is 5. The normalized spacial score (nSPS) is 21.0. The molecule has 1 saturated carbocycles. The van der Waals surface area contributed by atoms with Gasteiger partial charge in [0.25, 0.3) is 0 Å². The molecule has 0 bridgehead atoms. The van der Waals surface area contributed by atoms with E-state index >= 15 is 0 Å². The maximum absolute atomic E-state index is 9.77. The monoisotopic (exact) mass is 171 g/mol. The van der Waals surface area contributed by atoms with Gasteiger partial charge in [0.15, 0.2) is 0 Å². The van der Waals surface area contributed by atoms with Crippen LogP contribution >= 0.6 is 0 Å². The molecule has 0 spiro atoms. The smallest absolute Gasteiger partial charge is 0.0603 e. The highest BCUT2D eigenvalue weighted by Crippen LogP contribution is 2.35. The number of aliphatic hydroxyl groups excluding tert-OH is 1. The summed E-state index contributed by atoms with van der Waals surface area (Å²) in [6.45, 7) is 4.63. The van der Waals surface area contributed by atoms with Crippen LogP contribution in [0, 0.1) is 11.3 Å². The van der Waals surface area contributed by atoms with E-state index in [1.807, 2.05) is 13.8 Å². The summed E-state index contributed by atoms with van der Waals surface area (Å²) in [6, 6.07) is 0. The first-order valence-electron chi connectivity index (χ1n) is 4.94. The summed E-state index contributed by atoms with van der Waals surface area (Å²) in [4.78, 5) is 0. The van der Waals surface area contributed by atoms with Crippen molar-refractivity contribution in [1.29, 1.82) is 0 Å². The molecule has 1 fully saturated rings. The highest BCUT2D eigenvalue weighted by Gasteiger charge is 2.28. The molecule has 0 saturated heterocycles. The standard InChI is InChI=1S/C10H21NO/c1-10(2,7-11)9(12)6-5-8-3-4-8/h8-9,12H,3-7,11H2,1-2H3. The summed E-state index contributed by atoms with van der Waals surface area (Å²) in [5.41, 5.74) is 5.47. The summed E-state index contributed by atoms with van der Waals surface area (Å²) in [7, 11) is 0. The average Bonchev–Trinajstić information content (AvgIpc) is 2.83. The van der Waals surface area contributed by atoms with Crippen LogP contribution in [-0.4, -0.2) is 17.8 Å². The molecule has 0 aromatic heterocycles. The molecular formula is C10H21NO. The van der Waals surface area contributed by atoms with Crippen LogP contribution in [-0.2, 0) is 0 Å². The highest BCUT2D eigenvalue weighted by atomic mass is 16.3. The van der Waals surface area contributed by atoms with Crippen LogP contribution < -0.4 is 5.73 Å². The van der Waals surface area contributed by atoms with E-state index in [-0.39, 0.29) is 11.5 Å². The Bertz CT molecular complexity index is 141. The molecule has 1 unspecified atom stereocenters. The zero-order valence-corrected chi connectivity index (χ0v) is 8.21. The van der Waals surface area contributed by atoms with E-state index in [1.165, 1.54) is 19.3 Å². The molecule has 1 rings (SSSR count). The van der Waals surface area contributed by atoms with Crippen LogP contribution in [0.5, 0.6) is 0 Å². The highest BCUT2D eigenvalue weighted by molar-refractivity contribution is 4.81. The second kappa shape index (κ2) is 3.75. The van der Waals surface area contributed by atoms with Gasteiger partial charge in [-0.25, -0.2) is 0 Å². The molecule has 3 N–H and O–H groups in total. The Kier molecular flexibility index (Phi) is 3.13. The minimum absolute atomic E-state index is 0.102. The summed E-state index contributed by atoms with van der Waals surface area (Å²) in [5.74, 6) is 0.910. The van der Waals surface area contributed by atoms with Gasteiger partial charge in [-0.1, -0.05) is 26.7 Å². The van der Waals surface area contributed by atoms with Crippen LogP contribution in [0.15, 0.2) is 0 Å². The maximum atomic E-state index is 9.77. The Morgan fingerprint density at radius 1 is 1.50 bits per heavy atom. The molecule has 1 atom stereocenters. The van der Waals surface area contributed by atoms with Gasteiger partial charge in [-0.05, 0) is 25.3 Å². The van der Waals surface area contributed by atoms with E-state index in [4.69, 9.17) is 5.73 Å². The van der Waals surface area contributed by atoms with Crippen molar-refractivity contribution in [3.63, 3.8) is 0 Å². The fourth-order valence-electron chi connectivity index (χ4n) is 1.33. The number of nitrogens with two attached hydrogens (primary N) is 1. The summed E-state index contributed by atoms with van der Waals surface area (Å²) >= 11 is 0. The Morgan fingerprint density at radius 2 is 2.08 bits per heavy atom. The van der Waals surface area contributed by atoms with Gasteiger partial charge in [0.1, 0.15) is 0 Å². The Morgan fingerprint density at radius 3 is 2.50 bits per heavy atom. The second-order valence-corrected chi connectivity index (χ2v) is 4.73. The second-order valence-electron chi connectivity index (χ2n) is 4.73. The first kappa shape index (κ1) is 10.0. The molecule has 0 amide bonds. The molecule has 12 heavy (non-hydrogen) atoms. The van der Waals surface area contributed by atoms with Gasteiger partial charge in [0.05, 0.1) is 6.10 Å². The summed E-state index contributed by atoms with van der Waals surface area (Å²) < 4.78 is 0. The topological polar surface area (TPSA) is 46.2 Å². The van der Waals surface area contributed by atoms with Gasteiger partial charge < -0.3 is 10.8 Å². The van der Waals surface area contributed by atoms with Gasteiger partial charge in [0, 0.05) is 5.41 Å². The van der Waals surface area contributed by atoms with Crippen LogP contribution in [0.25, 0.3) is 0 Å². The third-order valence-electron chi connectivity index (χ3n) is 2.97. The van der Waals surface area contributed by atoms with Gasteiger partial charge in [-0.3, -0.25) is 0 Å². The van der Waals surface area contributed by atoms with Gasteiger partial charge in [0.2, 0.25) is 0 Å². The van der Waals surface area contributed by atoms with E-state index in [9.17, 15) is 5.11 Å². The van der Waals surface area contributed by atoms with Crippen molar-refractivity contribution in [1.82, 2.24) is 0 Å². The maximum Gasteiger partial charge on any atom is 0.0603 e. The molecule has 0 aliphatic heterocycles. The quantitative estimate of drug-likeness (QED) is 0.659. The molecule has 0 heterocycles. The lowest BCUT2D eigenvalue weighted by molar-refractivity contribution is 0.0461. The number of aliphatic hydroxyl groups is 1. The molecule has 0 aromatic carbocycles. The minimum Gasteiger partial charge on any atom is -0.393 e. The number of hydrogen-bond donors (Lipinski definition) is 2. The van der Waals surface area contributed by atoms with E-state index in [0.29, 0.717) is 6.54 Å². The molecular weight excluding hydrogens is 150 g/mol. The molecule has 0 aromatic rings. The average molecular weight is 171 g/mol. The lowest BCUT2D eigenvalue weighted by Gasteiger charge is -2.28. The van der Waals surface area contributed by atoms with Gasteiger partial charge >= 0.3 is 0 Å². The molecule has 72 valence electrons. The van der Waals surface area contributed by atoms with Crippen molar-refractivity contribution in [3.8, 4) is 0 Å². The Balaban J connectivity index is 2.20. The Hall–Kier alpha value is -0.0800. The largest absolute Gasteiger partial charge is 0.393 e. The first-order chi connectivity index (χ1) is 5.56. The van der Waals surface area contributed by atoms with E-state index in [2.05, 4.69) is 0 Å². The van der Waals surface area contributed by atoms with Crippen LogP contribution in [0.1, 0.15) is 39.5 Å². The van der Waals surface area contributed by atoms with E-state index in [0.717, 1.165) is 12.3 Å². The zero-order chi connectivity index (χ0) is 9.19. The predicted octanol–water partition coefficient (Wildman–Crippen LogP) is 1.52. The minimum atomic E-state index is -0.219. The molecule has 2 nitrogen and oxygen atoms in total.